The summed E-state index contributed by atoms with van der Waals surface area (Å²) in [5.74, 6) is 0.587. The summed E-state index contributed by atoms with van der Waals surface area (Å²) in [5.41, 5.74) is 4.36. The summed E-state index contributed by atoms with van der Waals surface area (Å²) in [7, 11) is 0. The Morgan fingerprint density at radius 1 is 1.26 bits per heavy atom. The van der Waals surface area contributed by atoms with Crippen molar-refractivity contribution in [1.29, 1.82) is 0 Å². The molecule has 4 heteroatoms. The van der Waals surface area contributed by atoms with Gasteiger partial charge in [-0.1, -0.05) is 6.07 Å². The van der Waals surface area contributed by atoms with Crippen LogP contribution in [0.25, 0.3) is 0 Å². The monoisotopic (exact) mass is 255 g/mol. The lowest BCUT2D eigenvalue weighted by molar-refractivity contribution is 0.102. The molecule has 1 aromatic heterocycles. The Morgan fingerprint density at radius 2 is 2.05 bits per heavy atom. The first-order valence-electron chi connectivity index (χ1n) is 6.67. The number of hydrogen-bond donors (Lipinski definition) is 2. The summed E-state index contributed by atoms with van der Waals surface area (Å²) in [6, 6.07) is 6.02. The highest BCUT2D eigenvalue weighted by Crippen LogP contribution is 2.22. The van der Waals surface area contributed by atoms with Crippen molar-refractivity contribution in [3.63, 3.8) is 0 Å². The summed E-state index contributed by atoms with van der Waals surface area (Å²) >= 11 is 0. The molecule has 1 amide bonds. The average Bonchev–Trinajstić information content (AvgIpc) is 2.84. The number of nitrogens with zero attached hydrogens (tertiary/aromatic N) is 1. The summed E-state index contributed by atoms with van der Waals surface area (Å²) < 4.78 is 0. The van der Waals surface area contributed by atoms with E-state index in [0.717, 1.165) is 24.0 Å². The van der Waals surface area contributed by atoms with Gasteiger partial charge in [-0.05, 0) is 55.9 Å². The van der Waals surface area contributed by atoms with Gasteiger partial charge in [0.2, 0.25) is 0 Å². The third-order valence-corrected chi connectivity index (χ3v) is 3.68. The molecule has 0 saturated heterocycles. The van der Waals surface area contributed by atoms with Crippen LogP contribution < -0.4 is 5.32 Å². The number of amides is 1. The van der Waals surface area contributed by atoms with Crippen LogP contribution in [0.15, 0.2) is 24.4 Å². The van der Waals surface area contributed by atoms with E-state index in [4.69, 9.17) is 0 Å². The Bertz CT molecular complexity index is 616. The van der Waals surface area contributed by atoms with Crippen LogP contribution in [-0.2, 0) is 12.8 Å². The first kappa shape index (κ1) is 12.0. The lowest BCUT2D eigenvalue weighted by Crippen LogP contribution is -2.14. The Morgan fingerprint density at radius 3 is 2.79 bits per heavy atom. The topological polar surface area (TPSA) is 57.8 Å². The van der Waals surface area contributed by atoms with Gasteiger partial charge in [0, 0.05) is 11.1 Å². The zero-order valence-electron chi connectivity index (χ0n) is 11.0. The lowest BCUT2D eigenvalue weighted by atomic mass is 9.90. The Labute approximate surface area is 112 Å². The molecule has 0 fully saturated rings. The molecule has 0 atom stereocenters. The summed E-state index contributed by atoms with van der Waals surface area (Å²) in [6.07, 6.45) is 6.39. The van der Waals surface area contributed by atoms with Crippen LogP contribution in [0.4, 0.5) is 5.82 Å². The van der Waals surface area contributed by atoms with E-state index in [-0.39, 0.29) is 5.91 Å². The second-order valence-electron chi connectivity index (χ2n) is 5.07. The van der Waals surface area contributed by atoms with Gasteiger partial charge in [-0.3, -0.25) is 9.89 Å². The second kappa shape index (κ2) is 4.88. The number of nitrogens with one attached hydrogen (secondary N) is 2. The fraction of sp³-hybridized carbons (Fsp3) is 0.333. The second-order valence-corrected chi connectivity index (χ2v) is 5.07. The highest BCUT2D eigenvalue weighted by Gasteiger charge is 2.13. The number of anilines is 1. The van der Waals surface area contributed by atoms with Crippen molar-refractivity contribution in [1.82, 2.24) is 10.2 Å². The van der Waals surface area contributed by atoms with Gasteiger partial charge in [0.25, 0.3) is 5.91 Å². The van der Waals surface area contributed by atoms with Gasteiger partial charge in [0.1, 0.15) is 5.82 Å². The van der Waals surface area contributed by atoms with Crippen LogP contribution in [0.3, 0.4) is 0 Å². The molecule has 1 heterocycles. The summed E-state index contributed by atoms with van der Waals surface area (Å²) in [5, 5.41) is 9.54. The summed E-state index contributed by atoms with van der Waals surface area (Å²) in [6.45, 7) is 1.91. The molecule has 1 aromatic carbocycles. The zero-order chi connectivity index (χ0) is 13.2. The van der Waals surface area contributed by atoms with Gasteiger partial charge in [0.05, 0.1) is 6.20 Å². The number of carbonyl (C=O) groups is 1. The maximum atomic E-state index is 12.2. The van der Waals surface area contributed by atoms with Crippen LogP contribution >= 0.6 is 0 Å². The van der Waals surface area contributed by atoms with Crippen molar-refractivity contribution in [2.75, 3.05) is 5.32 Å². The SMILES string of the molecule is Cc1cn[nH]c1NC(=O)c1ccc2c(c1)CCCC2. The van der Waals surface area contributed by atoms with Crippen LogP contribution in [0.5, 0.6) is 0 Å². The molecule has 0 aliphatic heterocycles. The van der Waals surface area contributed by atoms with Gasteiger partial charge >= 0.3 is 0 Å². The van der Waals surface area contributed by atoms with Crippen molar-refractivity contribution < 1.29 is 4.79 Å². The maximum Gasteiger partial charge on any atom is 0.256 e. The van der Waals surface area contributed by atoms with Crippen molar-refractivity contribution >= 4 is 11.7 Å². The van der Waals surface area contributed by atoms with E-state index in [1.54, 1.807) is 6.20 Å². The molecule has 19 heavy (non-hydrogen) atoms. The van der Waals surface area contributed by atoms with Crippen LogP contribution in [0.2, 0.25) is 0 Å². The third-order valence-electron chi connectivity index (χ3n) is 3.68. The standard InChI is InChI=1S/C15H17N3O/c1-10-9-16-18-14(10)17-15(19)13-7-6-11-4-2-3-5-12(11)8-13/h6-9H,2-5H2,1H3,(H2,16,17,18,19). The largest absolute Gasteiger partial charge is 0.307 e. The number of hydrogen-bond acceptors (Lipinski definition) is 2. The van der Waals surface area contributed by atoms with E-state index < -0.39 is 0 Å². The quantitative estimate of drug-likeness (QED) is 0.867. The number of fused-ring (bicyclic) bond motifs is 1. The number of H-pyrrole nitrogens is 1. The number of rotatable bonds is 2. The molecule has 1 aliphatic rings. The van der Waals surface area contributed by atoms with Gasteiger partial charge in [-0.2, -0.15) is 5.10 Å². The molecule has 98 valence electrons. The van der Waals surface area contributed by atoms with E-state index in [2.05, 4.69) is 21.6 Å². The first-order valence-corrected chi connectivity index (χ1v) is 6.67. The number of carbonyl (C=O) groups excluding carboxylic acids is 1. The number of aromatic nitrogens is 2. The molecule has 1 aliphatic carbocycles. The fourth-order valence-corrected chi connectivity index (χ4v) is 2.53. The molecule has 0 bridgehead atoms. The van der Waals surface area contributed by atoms with E-state index in [1.807, 2.05) is 19.1 Å². The Hall–Kier alpha value is -2.10. The normalized spacial score (nSPS) is 13.9. The maximum absolute atomic E-state index is 12.2. The smallest absolute Gasteiger partial charge is 0.256 e. The van der Waals surface area contributed by atoms with E-state index >= 15 is 0 Å². The zero-order valence-corrected chi connectivity index (χ0v) is 11.0. The van der Waals surface area contributed by atoms with Crippen LogP contribution in [-0.4, -0.2) is 16.1 Å². The van der Waals surface area contributed by atoms with Crippen LogP contribution in [0, 0.1) is 6.92 Å². The molecule has 0 saturated carbocycles. The molecular weight excluding hydrogens is 238 g/mol. The average molecular weight is 255 g/mol. The molecule has 0 unspecified atom stereocenters. The molecule has 3 rings (SSSR count). The Balaban J connectivity index is 1.82. The van der Waals surface area contributed by atoms with Gasteiger partial charge < -0.3 is 5.32 Å². The molecule has 2 N–H and O–H groups in total. The van der Waals surface area contributed by atoms with Crippen molar-refractivity contribution in [3.8, 4) is 0 Å². The van der Waals surface area contributed by atoms with Gasteiger partial charge in [-0.15, -0.1) is 0 Å². The Kier molecular flexibility index (Phi) is 3.07. The van der Waals surface area contributed by atoms with Crippen LogP contribution in [0.1, 0.15) is 39.9 Å². The predicted molar refractivity (Wildman–Crippen MR) is 74.4 cm³/mol. The van der Waals surface area contributed by atoms with Crippen molar-refractivity contribution in [2.24, 2.45) is 0 Å². The summed E-state index contributed by atoms with van der Waals surface area (Å²) in [4.78, 5) is 12.2. The molecule has 0 radical (unpaired) electrons. The van der Waals surface area contributed by atoms with E-state index in [1.165, 1.54) is 24.0 Å². The number of benzene rings is 1. The van der Waals surface area contributed by atoms with E-state index in [9.17, 15) is 4.79 Å². The lowest BCUT2D eigenvalue weighted by Gasteiger charge is -2.16. The number of aryl methyl sites for hydroxylation is 3. The minimum atomic E-state index is -0.0827. The van der Waals surface area contributed by atoms with Crippen molar-refractivity contribution in [2.45, 2.75) is 32.6 Å². The van der Waals surface area contributed by atoms with Gasteiger partial charge in [-0.25, -0.2) is 0 Å². The first-order chi connectivity index (χ1) is 9.24. The van der Waals surface area contributed by atoms with Gasteiger partial charge in [0.15, 0.2) is 0 Å². The van der Waals surface area contributed by atoms with E-state index in [0.29, 0.717) is 5.82 Å². The molecule has 4 nitrogen and oxygen atoms in total. The number of aromatic amines is 1. The fourth-order valence-electron chi connectivity index (χ4n) is 2.53. The predicted octanol–water partition coefficient (Wildman–Crippen LogP) is 2.85. The van der Waals surface area contributed by atoms with Crippen molar-refractivity contribution in [3.05, 3.63) is 46.6 Å². The molecular formula is C15H17N3O. The highest BCUT2D eigenvalue weighted by atomic mass is 16.1. The highest BCUT2D eigenvalue weighted by molar-refractivity contribution is 6.04. The third kappa shape index (κ3) is 2.38. The minimum absolute atomic E-state index is 0.0827. The molecule has 2 aromatic rings. The molecule has 0 spiro atoms. The minimum Gasteiger partial charge on any atom is -0.307 e.